The quantitative estimate of drug-likeness (QED) is 0.229. The molecule has 4 heteroatoms. The Balaban J connectivity index is 1.34. The Morgan fingerprint density at radius 1 is 1.05 bits per heavy atom. The van der Waals surface area contributed by atoms with Crippen LogP contribution in [0.3, 0.4) is 0 Å². The first-order valence-electron chi connectivity index (χ1n) is 13.7. The van der Waals surface area contributed by atoms with Crippen LogP contribution in [-0.2, 0) is 11.3 Å². The van der Waals surface area contributed by atoms with Crippen molar-refractivity contribution < 1.29 is 14.6 Å². The number of aliphatic hydroxyl groups is 1. The fraction of sp³-hybridized carbons (Fsp3) is 0.515. The summed E-state index contributed by atoms with van der Waals surface area (Å²) < 4.78 is 11.2. The third kappa shape index (κ3) is 6.71. The summed E-state index contributed by atoms with van der Waals surface area (Å²) in [5.41, 5.74) is 0.0901. The molecular formula is C33H44O3S. The van der Waals surface area contributed by atoms with Crippen molar-refractivity contribution in [3.8, 4) is 5.75 Å². The van der Waals surface area contributed by atoms with E-state index in [-0.39, 0.29) is 11.3 Å². The zero-order valence-electron chi connectivity index (χ0n) is 23.1. The smallest absolute Gasteiger partial charge is 0.118 e. The van der Waals surface area contributed by atoms with Crippen LogP contribution in [0.4, 0.5) is 0 Å². The van der Waals surface area contributed by atoms with Crippen LogP contribution in [0.25, 0.3) is 0 Å². The molecule has 0 heterocycles. The fourth-order valence-electron chi connectivity index (χ4n) is 6.03. The largest absolute Gasteiger partial charge is 0.497 e. The summed E-state index contributed by atoms with van der Waals surface area (Å²) in [4.78, 5) is 1.35. The van der Waals surface area contributed by atoms with Crippen molar-refractivity contribution >= 4 is 11.8 Å². The van der Waals surface area contributed by atoms with Gasteiger partial charge in [0.25, 0.3) is 0 Å². The first-order chi connectivity index (χ1) is 17.7. The lowest BCUT2D eigenvalue weighted by Gasteiger charge is -2.56. The molecule has 2 bridgehead atoms. The van der Waals surface area contributed by atoms with Gasteiger partial charge in [-0.1, -0.05) is 82.3 Å². The molecule has 6 atom stereocenters. The van der Waals surface area contributed by atoms with E-state index in [9.17, 15) is 5.11 Å². The van der Waals surface area contributed by atoms with E-state index < -0.39 is 5.60 Å². The van der Waals surface area contributed by atoms with Crippen LogP contribution in [0.2, 0.25) is 0 Å². The lowest BCUT2D eigenvalue weighted by Crippen LogP contribution is -2.55. The fourth-order valence-corrected chi connectivity index (χ4v) is 7.40. The van der Waals surface area contributed by atoms with Crippen LogP contribution < -0.4 is 4.74 Å². The molecule has 1 fully saturated rings. The van der Waals surface area contributed by atoms with Gasteiger partial charge >= 0.3 is 0 Å². The Hall–Kier alpha value is -2.01. The van der Waals surface area contributed by atoms with Gasteiger partial charge in [0, 0.05) is 16.1 Å². The molecule has 3 aliphatic rings. The van der Waals surface area contributed by atoms with Gasteiger partial charge in [-0.3, -0.25) is 0 Å². The van der Waals surface area contributed by atoms with Gasteiger partial charge in [-0.15, -0.1) is 11.8 Å². The summed E-state index contributed by atoms with van der Waals surface area (Å²) in [6.45, 7) is 10.3. The van der Waals surface area contributed by atoms with Crippen molar-refractivity contribution in [3.63, 3.8) is 0 Å². The number of fused-ring (bicyclic) bond motifs is 2. The molecule has 37 heavy (non-hydrogen) atoms. The highest BCUT2D eigenvalue weighted by Gasteiger charge is 2.55. The van der Waals surface area contributed by atoms with E-state index >= 15 is 0 Å². The molecule has 5 rings (SSSR count). The van der Waals surface area contributed by atoms with Gasteiger partial charge < -0.3 is 14.6 Å². The minimum absolute atomic E-state index is 0.233. The maximum atomic E-state index is 11.9. The number of ether oxygens (including phenoxy) is 2. The first kappa shape index (κ1) is 28.0. The maximum Gasteiger partial charge on any atom is 0.118 e. The van der Waals surface area contributed by atoms with Gasteiger partial charge in [-0.2, -0.15) is 0 Å². The summed E-state index contributed by atoms with van der Waals surface area (Å²) in [6.07, 6.45) is 10.8. The van der Waals surface area contributed by atoms with Gasteiger partial charge in [0.15, 0.2) is 0 Å². The molecule has 1 N–H and O–H groups in total. The zero-order valence-corrected chi connectivity index (χ0v) is 23.9. The number of hydrogen-bond donors (Lipinski definition) is 1. The Labute approximate surface area is 228 Å². The van der Waals surface area contributed by atoms with Crippen molar-refractivity contribution in [2.45, 2.75) is 57.6 Å². The average molecular weight is 521 g/mol. The monoisotopic (exact) mass is 520 g/mol. The summed E-state index contributed by atoms with van der Waals surface area (Å²) >= 11 is 1.98. The number of allylic oxidation sites excluding steroid dienone is 1. The second-order valence-corrected chi connectivity index (χ2v) is 12.8. The van der Waals surface area contributed by atoms with Gasteiger partial charge in [-0.05, 0) is 72.3 Å². The predicted molar refractivity (Wildman–Crippen MR) is 155 cm³/mol. The third-order valence-electron chi connectivity index (χ3n) is 8.56. The van der Waals surface area contributed by atoms with Gasteiger partial charge in [0.2, 0.25) is 0 Å². The zero-order chi connectivity index (χ0) is 26.5. The van der Waals surface area contributed by atoms with E-state index in [1.165, 1.54) is 4.90 Å². The minimum Gasteiger partial charge on any atom is -0.497 e. The summed E-state index contributed by atoms with van der Waals surface area (Å²) in [7, 11) is 1.68. The van der Waals surface area contributed by atoms with E-state index in [4.69, 9.17) is 9.47 Å². The molecular weight excluding hydrogens is 476 g/mol. The van der Waals surface area contributed by atoms with Crippen molar-refractivity contribution in [2.24, 2.45) is 35.0 Å². The van der Waals surface area contributed by atoms with Crippen molar-refractivity contribution in [2.75, 3.05) is 19.5 Å². The highest BCUT2D eigenvalue weighted by Crippen LogP contribution is 2.57. The number of rotatable bonds is 12. The predicted octanol–water partition coefficient (Wildman–Crippen LogP) is 7.80. The number of thioether (sulfide) groups is 1. The second-order valence-electron chi connectivity index (χ2n) is 11.7. The molecule has 200 valence electrons. The van der Waals surface area contributed by atoms with Crippen molar-refractivity contribution in [1.29, 1.82) is 0 Å². The topological polar surface area (TPSA) is 38.7 Å². The average Bonchev–Trinajstić information content (AvgIpc) is 2.89. The van der Waals surface area contributed by atoms with Gasteiger partial charge in [0.05, 0.1) is 25.9 Å². The summed E-state index contributed by atoms with van der Waals surface area (Å²) in [6, 6.07) is 18.7. The van der Waals surface area contributed by atoms with Crippen LogP contribution >= 0.6 is 11.8 Å². The molecule has 0 saturated heterocycles. The number of hydrogen-bond acceptors (Lipinski definition) is 4. The Morgan fingerprint density at radius 2 is 1.78 bits per heavy atom. The summed E-state index contributed by atoms with van der Waals surface area (Å²) in [5.74, 6) is 4.48. The van der Waals surface area contributed by atoms with E-state index in [2.05, 4.69) is 82.3 Å². The number of methoxy groups -OCH3 is 1. The van der Waals surface area contributed by atoms with Crippen LogP contribution in [-0.4, -0.2) is 30.2 Å². The lowest BCUT2D eigenvalue weighted by atomic mass is 9.51. The molecule has 0 amide bonds. The van der Waals surface area contributed by atoms with E-state index in [0.717, 1.165) is 29.9 Å². The Kier molecular flexibility index (Phi) is 9.26. The van der Waals surface area contributed by atoms with Crippen molar-refractivity contribution in [1.82, 2.24) is 0 Å². The van der Waals surface area contributed by atoms with Crippen LogP contribution in [0.15, 0.2) is 83.8 Å². The molecule has 1 saturated carbocycles. The second kappa shape index (κ2) is 12.2. The molecule has 0 radical (unpaired) electrons. The van der Waals surface area contributed by atoms with Gasteiger partial charge in [-0.25, -0.2) is 0 Å². The Bertz CT molecular complexity index is 1050. The molecule has 3 aliphatic carbocycles. The standard InChI is InChI=1S/C33H44O3S/c1-24(2)31(23-37-29-9-7-6-8-10-29)30-20-32(4)17-16-27(30)19-33(32,34)18-15-25(3)21-36-22-26-11-13-28(35-5)14-12-26/h6-18,24-25,27,30-31,34H,19-23H2,1-5H3/b18-15+/t25-,27+,30+,31+,32+,33-/m0/s1. The molecule has 0 unspecified atom stereocenters. The highest BCUT2D eigenvalue weighted by molar-refractivity contribution is 7.99. The molecule has 2 aromatic carbocycles. The normalized spacial score (nSPS) is 28.6. The van der Waals surface area contributed by atoms with Crippen molar-refractivity contribution in [3.05, 3.63) is 84.5 Å². The molecule has 0 spiro atoms. The molecule has 0 aliphatic heterocycles. The minimum atomic E-state index is -0.804. The van der Waals surface area contributed by atoms with E-state index in [0.29, 0.717) is 36.9 Å². The molecule has 0 aromatic heterocycles. The third-order valence-corrected chi connectivity index (χ3v) is 9.71. The van der Waals surface area contributed by atoms with Crippen LogP contribution in [0.5, 0.6) is 5.75 Å². The van der Waals surface area contributed by atoms with E-state index in [1.807, 2.05) is 36.0 Å². The van der Waals surface area contributed by atoms with Crippen LogP contribution in [0.1, 0.15) is 46.1 Å². The highest BCUT2D eigenvalue weighted by atomic mass is 32.2. The Morgan fingerprint density at radius 3 is 2.43 bits per heavy atom. The lowest BCUT2D eigenvalue weighted by molar-refractivity contribution is -0.0935. The van der Waals surface area contributed by atoms with E-state index in [1.54, 1.807) is 7.11 Å². The van der Waals surface area contributed by atoms with Gasteiger partial charge in [0.1, 0.15) is 5.75 Å². The maximum absolute atomic E-state index is 11.9. The first-order valence-corrected chi connectivity index (χ1v) is 14.7. The molecule has 2 aromatic rings. The SMILES string of the molecule is COc1ccc(COC[C@@H](C)/C=C/[C@]2(O)C[C@H]3C=C[C@]2(C)C[C@H]3[C@H](CSc2ccccc2)C(C)C)cc1. The molecule has 3 nitrogen and oxygen atoms in total. The van der Waals surface area contributed by atoms with Crippen LogP contribution in [0, 0.1) is 35.0 Å². The number of benzene rings is 2. The summed E-state index contributed by atoms with van der Waals surface area (Å²) in [5, 5.41) is 11.9.